The summed E-state index contributed by atoms with van der Waals surface area (Å²) in [5.74, 6) is -0.0374. The predicted octanol–water partition coefficient (Wildman–Crippen LogP) is 4.30. The van der Waals surface area contributed by atoms with E-state index in [-0.39, 0.29) is 5.91 Å². The van der Waals surface area contributed by atoms with Gasteiger partial charge in [-0.2, -0.15) is 0 Å². The first-order valence-corrected chi connectivity index (χ1v) is 16.5. The van der Waals surface area contributed by atoms with Gasteiger partial charge in [0.25, 0.3) is 0 Å². The molecule has 1 amide bonds. The molecule has 0 atom stereocenters. The first kappa shape index (κ1) is 33.8. The largest absolute Gasteiger partial charge is 0.810 e. The molecule has 0 aromatic heterocycles. The molecule has 2 fully saturated rings. The van der Waals surface area contributed by atoms with Crippen LogP contribution < -0.4 is 26.6 Å². The van der Waals surface area contributed by atoms with Crippen LogP contribution in [-0.2, 0) is 15.5 Å². The second-order valence-electron chi connectivity index (χ2n) is 10.9. The van der Waals surface area contributed by atoms with Crippen LogP contribution in [-0.4, -0.2) is 18.0 Å². The van der Waals surface area contributed by atoms with Crippen molar-refractivity contribution in [3.8, 4) is 0 Å². The molecule has 7 nitrogen and oxygen atoms in total. The van der Waals surface area contributed by atoms with Gasteiger partial charge in [-0.05, 0) is 75.5 Å². The maximum atomic E-state index is 11.8. The summed E-state index contributed by atoms with van der Waals surface area (Å²) in [6, 6.07) is 7.90. The fourth-order valence-electron chi connectivity index (χ4n) is 4.76. The second kappa shape index (κ2) is 20.7. The van der Waals surface area contributed by atoms with Crippen LogP contribution in [0.4, 0.5) is 5.69 Å². The minimum absolute atomic E-state index is 0.0374. The van der Waals surface area contributed by atoms with Gasteiger partial charge in [0.15, 0.2) is 0 Å². The van der Waals surface area contributed by atoms with E-state index < -0.39 is 13.8 Å². The van der Waals surface area contributed by atoms with Gasteiger partial charge in [0.1, 0.15) is 0 Å². The molecule has 0 radical (unpaired) electrons. The molecule has 214 valence electrons. The number of quaternary nitrogens is 2. The molecule has 7 N–H and O–H groups in total. The van der Waals surface area contributed by atoms with E-state index in [4.69, 9.17) is 0 Å². The first-order valence-electron chi connectivity index (χ1n) is 14.8. The van der Waals surface area contributed by atoms with Crippen molar-refractivity contribution >= 4 is 19.2 Å². The van der Waals surface area contributed by atoms with E-state index in [2.05, 4.69) is 23.7 Å². The van der Waals surface area contributed by atoms with Crippen LogP contribution in [0.5, 0.6) is 0 Å². The number of amides is 1. The monoisotopic (exact) mass is 539 g/mol. The Morgan fingerprint density at radius 1 is 0.811 bits per heavy atom. The van der Waals surface area contributed by atoms with Gasteiger partial charge >= 0.3 is 0 Å². The lowest BCUT2D eigenvalue weighted by Gasteiger charge is -2.29. The van der Waals surface area contributed by atoms with Gasteiger partial charge in [-0.15, -0.1) is 0 Å². The zero-order chi connectivity index (χ0) is 27.4. The molecule has 0 spiro atoms. The van der Waals surface area contributed by atoms with Gasteiger partial charge in [-0.3, -0.25) is 4.79 Å². The van der Waals surface area contributed by atoms with Crippen molar-refractivity contribution in [1.29, 1.82) is 0 Å². The molecular formula is C29H54N3O4P. The molecule has 2 aliphatic carbocycles. The van der Waals surface area contributed by atoms with Crippen molar-refractivity contribution in [2.75, 3.05) is 5.32 Å². The van der Waals surface area contributed by atoms with Gasteiger partial charge in [-0.1, -0.05) is 78.0 Å². The maximum Gasteiger partial charge on any atom is 0.224 e. The van der Waals surface area contributed by atoms with E-state index in [0.717, 1.165) is 24.9 Å². The molecule has 0 bridgehead atoms. The van der Waals surface area contributed by atoms with Crippen LogP contribution >= 0.6 is 7.60 Å². The van der Waals surface area contributed by atoms with E-state index in [1.165, 1.54) is 96.3 Å². The third-order valence-electron chi connectivity index (χ3n) is 7.07. The van der Waals surface area contributed by atoms with Crippen molar-refractivity contribution in [2.24, 2.45) is 0 Å². The van der Waals surface area contributed by atoms with Crippen LogP contribution in [0.2, 0.25) is 0 Å². The standard InChI is InChI=1S/C17H28NO4P.2C6H13N/c1-2-3-4-5-6-7-8-9-17(19)18-16-12-10-15(11-13-16)14-23(20,21)22;2*7-6-4-2-1-3-5-6/h10-13H,2-9,14H2,1H3,(H,18,19)(H2,20,21,22);2*6H,1-5,7H2. The lowest BCUT2D eigenvalue weighted by molar-refractivity contribution is -0.425. The van der Waals surface area contributed by atoms with Gasteiger partial charge in [0, 0.05) is 18.3 Å². The second-order valence-corrected chi connectivity index (χ2v) is 12.4. The smallest absolute Gasteiger partial charge is 0.224 e. The zero-order valence-corrected chi connectivity index (χ0v) is 24.3. The van der Waals surface area contributed by atoms with Crippen molar-refractivity contribution in [3.05, 3.63) is 29.8 Å². The summed E-state index contributed by atoms with van der Waals surface area (Å²) >= 11 is 0. The van der Waals surface area contributed by atoms with E-state index in [1.807, 2.05) is 0 Å². The van der Waals surface area contributed by atoms with Crippen molar-refractivity contribution < 1.29 is 30.6 Å². The molecule has 8 heteroatoms. The Hall–Kier alpha value is -1.24. The van der Waals surface area contributed by atoms with Gasteiger partial charge in [0.2, 0.25) is 5.91 Å². The highest BCUT2D eigenvalue weighted by molar-refractivity contribution is 7.47. The van der Waals surface area contributed by atoms with Crippen LogP contribution in [0, 0.1) is 0 Å². The van der Waals surface area contributed by atoms with Crippen LogP contribution in [0.1, 0.15) is 128 Å². The van der Waals surface area contributed by atoms with Gasteiger partial charge in [0.05, 0.1) is 12.1 Å². The lowest BCUT2D eigenvalue weighted by atomic mass is 9.97. The first-order chi connectivity index (χ1) is 17.7. The number of nitrogens with one attached hydrogen (secondary N) is 1. The van der Waals surface area contributed by atoms with E-state index in [9.17, 15) is 19.1 Å². The summed E-state index contributed by atoms with van der Waals surface area (Å²) in [5, 5.41) is 2.78. The number of unbranched alkanes of at least 4 members (excludes halogenated alkanes) is 6. The average Bonchev–Trinajstić information content (AvgIpc) is 2.86. The Labute approximate surface area is 225 Å². The third-order valence-corrected chi connectivity index (χ3v) is 7.82. The highest BCUT2D eigenvalue weighted by atomic mass is 31.2. The highest BCUT2D eigenvalue weighted by Gasteiger charge is 2.10. The quantitative estimate of drug-likeness (QED) is 0.284. The fraction of sp³-hybridized carbons (Fsp3) is 0.759. The van der Waals surface area contributed by atoms with E-state index >= 15 is 0 Å². The molecule has 2 saturated carbocycles. The molecule has 1 aromatic rings. The maximum absolute atomic E-state index is 11.8. The number of anilines is 1. The van der Waals surface area contributed by atoms with Crippen LogP contribution in [0.3, 0.4) is 0 Å². The Balaban J connectivity index is 0.000000390. The number of rotatable bonds is 11. The molecule has 0 unspecified atom stereocenters. The fourth-order valence-corrected chi connectivity index (χ4v) is 5.42. The number of benzene rings is 1. The molecule has 0 saturated heterocycles. The average molecular weight is 540 g/mol. The summed E-state index contributed by atoms with van der Waals surface area (Å²) in [5.41, 5.74) is 9.05. The molecule has 0 heterocycles. The number of carbonyl (C=O) groups excluding carboxylic acids is 1. The van der Waals surface area contributed by atoms with Gasteiger partial charge in [-0.25, -0.2) is 0 Å². The van der Waals surface area contributed by atoms with Crippen molar-refractivity contribution in [2.45, 2.75) is 141 Å². The zero-order valence-electron chi connectivity index (χ0n) is 23.4. The van der Waals surface area contributed by atoms with E-state index in [0.29, 0.717) is 17.7 Å². The lowest BCUT2D eigenvalue weighted by Crippen LogP contribution is -2.61. The van der Waals surface area contributed by atoms with Crippen molar-refractivity contribution in [1.82, 2.24) is 0 Å². The topological polar surface area (TPSA) is 148 Å². The summed E-state index contributed by atoms with van der Waals surface area (Å²) < 4.78 is 10.7. The normalized spacial score (nSPS) is 16.7. The molecule has 0 aliphatic heterocycles. The minimum atomic E-state index is -4.55. The Kier molecular flexibility index (Phi) is 18.9. The molecule has 3 rings (SSSR count). The predicted molar refractivity (Wildman–Crippen MR) is 149 cm³/mol. The molecular weight excluding hydrogens is 485 g/mol. The number of hydrogen-bond acceptors (Lipinski definition) is 4. The Bertz CT molecular complexity index is 726. The summed E-state index contributed by atoms with van der Waals surface area (Å²) in [6.45, 7) is 2.19. The van der Waals surface area contributed by atoms with Crippen LogP contribution in [0.25, 0.3) is 0 Å². The Morgan fingerprint density at radius 2 is 1.27 bits per heavy atom. The molecule has 1 aromatic carbocycles. The number of hydrogen-bond donors (Lipinski definition) is 3. The summed E-state index contributed by atoms with van der Waals surface area (Å²) in [7, 11) is -4.55. The van der Waals surface area contributed by atoms with E-state index in [1.54, 1.807) is 24.3 Å². The highest BCUT2D eigenvalue weighted by Crippen LogP contribution is 2.29. The SMILES string of the molecule is CCCCCCCCCC(=O)Nc1ccc(CP(=O)([O-])[O-])cc1.[NH3+]C1CCCCC1.[NH3+]C1CCCCC1. The Morgan fingerprint density at radius 3 is 1.68 bits per heavy atom. The summed E-state index contributed by atoms with van der Waals surface area (Å²) in [4.78, 5) is 33.2. The molecule has 37 heavy (non-hydrogen) atoms. The molecule has 2 aliphatic rings. The minimum Gasteiger partial charge on any atom is -0.810 e. The number of carbonyl (C=O) groups is 1. The summed E-state index contributed by atoms with van der Waals surface area (Å²) in [6.07, 6.45) is 22.2. The third kappa shape index (κ3) is 20.4. The van der Waals surface area contributed by atoms with Crippen molar-refractivity contribution in [3.63, 3.8) is 0 Å². The van der Waals surface area contributed by atoms with Crippen LogP contribution in [0.15, 0.2) is 24.3 Å². The van der Waals surface area contributed by atoms with Gasteiger partial charge < -0.3 is 31.1 Å².